The lowest BCUT2D eigenvalue weighted by molar-refractivity contribution is 0.501. The molecule has 6 atom stereocenters. The Morgan fingerprint density at radius 2 is 0.773 bits per heavy atom. The van der Waals surface area contributed by atoms with Gasteiger partial charge in [0.05, 0.1) is 0 Å². The van der Waals surface area contributed by atoms with E-state index in [4.69, 9.17) is 0 Å². The SMILES string of the molecule is BrC1CCCCC1SC1CCCCC1SC1CCCCC1Br. The van der Waals surface area contributed by atoms with Gasteiger partial charge < -0.3 is 0 Å². The predicted molar refractivity (Wildman–Crippen MR) is 111 cm³/mol. The van der Waals surface area contributed by atoms with Crippen LogP contribution in [0.4, 0.5) is 0 Å². The second kappa shape index (κ2) is 9.38. The molecule has 3 fully saturated rings. The first-order valence-electron chi connectivity index (χ1n) is 9.33. The molecule has 0 aromatic heterocycles. The maximum atomic E-state index is 3.97. The number of hydrogen-bond acceptors (Lipinski definition) is 2. The molecule has 128 valence electrons. The third kappa shape index (κ3) is 5.08. The van der Waals surface area contributed by atoms with E-state index in [-0.39, 0.29) is 0 Å². The van der Waals surface area contributed by atoms with Crippen molar-refractivity contribution in [1.29, 1.82) is 0 Å². The number of hydrogen-bond donors (Lipinski definition) is 0. The lowest BCUT2D eigenvalue weighted by Gasteiger charge is -2.39. The molecule has 0 nitrogen and oxygen atoms in total. The normalized spacial score (nSPS) is 43.9. The fourth-order valence-corrected chi connectivity index (χ4v) is 9.89. The van der Waals surface area contributed by atoms with E-state index in [9.17, 15) is 0 Å². The summed E-state index contributed by atoms with van der Waals surface area (Å²) in [5.74, 6) is 0. The Kier molecular flexibility index (Phi) is 7.87. The van der Waals surface area contributed by atoms with Crippen LogP contribution in [0.15, 0.2) is 0 Å². The molecular weight excluding hydrogens is 440 g/mol. The first-order chi connectivity index (χ1) is 10.7. The Labute approximate surface area is 162 Å². The van der Waals surface area contributed by atoms with Gasteiger partial charge in [-0.05, 0) is 38.5 Å². The Morgan fingerprint density at radius 1 is 0.455 bits per heavy atom. The van der Waals surface area contributed by atoms with Crippen molar-refractivity contribution in [2.24, 2.45) is 0 Å². The molecule has 0 N–H and O–H groups in total. The van der Waals surface area contributed by atoms with Crippen molar-refractivity contribution in [1.82, 2.24) is 0 Å². The van der Waals surface area contributed by atoms with Crippen LogP contribution in [0.5, 0.6) is 0 Å². The molecule has 6 unspecified atom stereocenters. The van der Waals surface area contributed by atoms with E-state index in [0.29, 0.717) is 0 Å². The highest BCUT2D eigenvalue weighted by molar-refractivity contribution is 9.09. The van der Waals surface area contributed by atoms with Gasteiger partial charge in [-0.15, -0.1) is 0 Å². The molecule has 4 heteroatoms. The van der Waals surface area contributed by atoms with Crippen LogP contribution in [-0.2, 0) is 0 Å². The quantitative estimate of drug-likeness (QED) is 0.400. The maximum absolute atomic E-state index is 3.97. The molecule has 3 aliphatic rings. The summed E-state index contributed by atoms with van der Waals surface area (Å²) >= 11 is 12.7. The van der Waals surface area contributed by atoms with Gasteiger partial charge in [0.25, 0.3) is 0 Å². The standard InChI is InChI=1S/C18H30Br2S2/c19-13-7-1-3-9-15(13)21-17-11-5-6-12-18(17)22-16-10-4-2-8-14(16)20/h13-18H,1-12H2. The highest BCUT2D eigenvalue weighted by atomic mass is 79.9. The zero-order chi connectivity index (χ0) is 15.4. The monoisotopic (exact) mass is 468 g/mol. The fourth-order valence-electron chi connectivity index (χ4n) is 4.23. The fraction of sp³-hybridized carbons (Fsp3) is 1.00. The summed E-state index contributed by atoms with van der Waals surface area (Å²) in [5, 5.41) is 3.60. The largest absolute Gasteiger partial charge is 0.153 e. The molecule has 0 radical (unpaired) electrons. The second-order valence-corrected chi connectivity index (χ2v) is 12.6. The van der Waals surface area contributed by atoms with Gasteiger partial charge in [-0.3, -0.25) is 0 Å². The molecule has 0 aromatic carbocycles. The van der Waals surface area contributed by atoms with Gasteiger partial charge >= 0.3 is 0 Å². The third-order valence-corrected chi connectivity index (χ3v) is 12.3. The first kappa shape index (κ1) is 18.5. The summed E-state index contributed by atoms with van der Waals surface area (Å²) in [5.41, 5.74) is 0. The number of halogens is 2. The van der Waals surface area contributed by atoms with E-state index < -0.39 is 0 Å². The van der Waals surface area contributed by atoms with Crippen LogP contribution in [0.25, 0.3) is 0 Å². The van der Waals surface area contributed by atoms with Crippen molar-refractivity contribution in [2.75, 3.05) is 0 Å². The minimum atomic E-state index is 0.775. The molecule has 3 saturated carbocycles. The molecule has 0 bridgehead atoms. The second-order valence-electron chi connectivity index (χ2n) is 7.31. The van der Waals surface area contributed by atoms with Gasteiger partial charge in [-0.2, -0.15) is 23.5 Å². The van der Waals surface area contributed by atoms with Crippen LogP contribution < -0.4 is 0 Å². The van der Waals surface area contributed by atoms with Crippen molar-refractivity contribution < 1.29 is 0 Å². The van der Waals surface area contributed by atoms with Gasteiger partial charge in [0.1, 0.15) is 0 Å². The van der Waals surface area contributed by atoms with Crippen LogP contribution in [0.2, 0.25) is 0 Å². The van der Waals surface area contributed by atoms with Gasteiger partial charge in [0, 0.05) is 30.7 Å². The topological polar surface area (TPSA) is 0 Å². The number of thioether (sulfide) groups is 2. The summed E-state index contributed by atoms with van der Waals surface area (Å²) in [6.45, 7) is 0. The summed E-state index contributed by atoms with van der Waals surface area (Å²) in [7, 11) is 0. The highest BCUT2D eigenvalue weighted by Gasteiger charge is 2.35. The van der Waals surface area contributed by atoms with E-state index in [2.05, 4.69) is 55.4 Å². The van der Waals surface area contributed by atoms with Crippen molar-refractivity contribution in [2.45, 2.75) is 108 Å². The lowest BCUT2D eigenvalue weighted by Crippen LogP contribution is -2.34. The predicted octanol–water partition coefficient (Wildman–Crippen LogP) is 7.18. The van der Waals surface area contributed by atoms with Crippen LogP contribution in [0.1, 0.15) is 77.0 Å². The Bertz CT molecular complexity index is 307. The molecule has 0 amide bonds. The van der Waals surface area contributed by atoms with Crippen LogP contribution in [0, 0.1) is 0 Å². The minimum absolute atomic E-state index is 0.775. The van der Waals surface area contributed by atoms with Gasteiger partial charge in [-0.25, -0.2) is 0 Å². The van der Waals surface area contributed by atoms with Crippen molar-refractivity contribution >= 4 is 55.4 Å². The Hall–Kier alpha value is 1.66. The molecule has 3 rings (SSSR count). The van der Waals surface area contributed by atoms with Crippen LogP contribution >= 0.6 is 55.4 Å². The maximum Gasteiger partial charge on any atom is 0.0264 e. The average molecular weight is 470 g/mol. The van der Waals surface area contributed by atoms with Gasteiger partial charge in [0.15, 0.2) is 0 Å². The van der Waals surface area contributed by atoms with Gasteiger partial charge in [0.2, 0.25) is 0 Å². The van der Waals surface area contributed by atoms with E-state index in [1.54, 1.807) is 0 Å². The van der Waals surface area contributed by atoms with Gasteiger partial charge in [-0.1, -0.05) is 70.4 Å². The van der Waals surface area contributed by atoms with Crippen molar-refractivity contribution in [3.8, 4) is 0 Å². The zero-order valence-corrected chi connectivity index (χ0v) is 18.3. The van der Waals surface area contributed by atoms with Crippen molar-refractivity contribution in [3.63, 3.8) is 0 Å². The molecule has 0 heterocycles. The smallest absolute Gasteiger partial charge is 0.0264 e. The van der Waals surface area contributed by atoms with Crippen LogP contribution in [0.3, 0.4) is 0 Å². The average Bonchev–Trinajstić information content (AvgIpc) is 2.53. The molecule has 0 saturated heterocycles. The summed E-state index contributed by atoms with van der Waals surface area (Å²) in [4.78, 5) is 1.55. The molecule has 3 aliphatic carbocycles. The summed E-state index contributed by atoms with van der Waals surface area (Å²) < 4.78 is 0. The molecular formula is C18H30Br2S2. The van der Waals surface area contributed by atoms with Crippen molar-refractivity contribution in [3.05, 3.63) is 0 Å². The summed E-state index contributed by atoms with van der Waals surface area (Å²) in [6.07, 6.45) is 17.3. The van der Waals surface area contributed by atoms with E-state index >= 15 is 0 Å². The third-order valence-electron chi connectivity index (χ3n) is 5.59. The number of rotatable bonds is 4. The Balaban J connectivity index is 1.56. The molecule has 0 aliphatic heterocycles. The van der Waals surface area contributed by atoms with E-state index in [1.807, 2.05) is 0 Å². The minimum Gasteiger partial charge on any atom is -0.153 e. The number of alkyl halides is 2. The molecule has 22 heavy (non-hydrogen) atoms. The van der Waals surface area contributed by atoms with Crippen LogP contribution in [-0.4, -0.2) is 30.7 Å². The zero-order valence-electron chi connectivity index (χ0n) is 13.5. The molecule has 0 spiro atoms. The van der Waals surface area contributed by atoms with E-state index in [1.165, 1.54) is 77.0 Å². The molecule has 0 aromatic rings. The summed E-state index contributed by atoms with van der Waals surface area (Å²) in [6, 6.07) is 0. The lowest BCUT2D eigenvalue weighted by atomic mass is 9.99. The highest BCUT2D eigenvalue weighted by Crippen LogP contribution is 2.46. The first-order valence-corrected chi connectivity index (χ1v) is 13.0. The Morgan fingerprint density at radius 3 is 1.14 bits per heavy atom. The van der Waals surface area contributed by atoms with E-state index in [0.717, 1.165) is 30.7 Å².